The molecule has 4 heterocycles. The zero-order valence-electron chi connectivity index (χ0n) is 16.1. The second-order valence-electron chi connectivity index (χ2n) is 8.01. The number of amides is 3. The van der Waals surface area contributed by atoms with Crippen LogP contribution in [0.1, 0.15) is 43.2 Å². The molecule has 2 aliphatic rings. The molecule has 0 saturated carbocycles. The van der Waals surface area contributed by atoms with Crippen LogP contribution in [0, 0.1) is 5.41 Å². The van der Waals surface area contributed by atoms with Gasteiger partial charge in [0, 0.05) is 37.0 Å². The van der Waals surface area contributed by atoms with Crippen molar-refractivity contribution in [2.24, 2.45) is 11.1 Å². The third kappa shape index (κ3) is 3.04. The number of hydrogen-bond donors (Lipinski definition) is 2. The summed E-state index contributed by atoms with van der Waals surface area (Å²) in [6.45, 7) is 2.51. The van der Waals surface area contributed by atoms with Gasteiger partial charge in [-0.25, -0.2) is 0 Å². The van der Waals surface area contributed by atoms with Crippen molar-refractivity contribution in [1.29, 1.82) is 0 Å². The number of fused-ring (bicyclic) bond motifs is 1. The van der Waals surface area contributed by atoms with Gasteiger partial charge in [-0.2, -0.15) is 15.4 Å². The fourth-order valence-electron chi connectivity index (χ4n) is 4.49. The van der Waals surface area contributed by atoms with E-state index in [2.05, 4.69) is 15.4 Å². The average Bonchev–Trinajstić information content (AvgIpc) is 3.53. The summed E-state index contributed by atoms with van der Waals surface area (Å²) in [5, 5.41) is 12.4. The lowest BCUT2D eigenvalue weighted by Gasteiger charge is -2.24. The van der Waals surface area contributed by atoms with E-state index in [1.54, 1.807) is 23.6 Å². The van der Waals surface area contributed by atoms with Gasteiger partial charge in [-0.1, -0.05) is 6.07 Å². The molecule has 2 saturated heterocycles. The largest absolute Gasteiger partial charge is 0.366 e. The fourth-order valence-corrected chi connectivity index (χ4v) is 5.36. The first-order valence-electron chi connectivity index (χ1n) is 9.72. The van der Waals surface area contributed by atoms with E-state index in [1.807, 2.05) is 15.9 Å². The third-order valence-electron chi connectivity index (χ3n) is 6.12. The van der Waals surface area contributed by atoms with Crippen molar-refractivity contribution < 1.29 is 14.4 Å². The van der Waals surface area contributed by atoms with Crippen LogP contribution in [0.4, 0.5) is 0 Å². The minimum absolute atomic E-state index is 0.0551. The van der Waals surface area contributed by atoms with E-state index in [-0.39, 0.29) is 17.2 Å². The number of thiophene rings is 1. The van der Waals surface area contributed by atoms with Crippen LogP contribution in [0.15, 0.2) is 29.6 Å². The molecule has 30 heavy (non-hydrogen) atoms. The molecule has 2 fully saturated rings. The van der Waals surface area contributed by atoms with Crippen LogP contribution in [0.5, 0.6) is 0 Å². The Morgan fingerprint density at radius 1 is 1.07 bits per heavy atom. The second-order valence-corrected chi connectivity index (χ2v) is 8.93. The van der Waals surface area contributed by atoms with Gasteiger partial charge in [0.2, 0.25) is 5.91 Å². The lowest BCUT2D eigenvalue weighted by molar-refractivity contribution is 0.0758. The molecule has 1 atom stereocenters. The first-order valence-corrected chi connectivity index (χ1v) is 10.6. The zero-order chi connectivity index (χ0) is 20.9. The highest BCUT2D eigenvalue weighted by Crippen LogP contribution is 2.40. The quantitative estimate of drug-likeness (QED) is 0.659. The summed E-state index contributed by atoms with van der Waals surface area (Å²) in [6.07, 6.45) is 1.71. The van der Waals surface area contributed by atoms with Gasteiger partial charge in [0.1, 0.15) is 11.0 Å². The van der Waals surface area contributed by atoms with Gasteiger partial charge in [0.15, 0.2) is 0 Å². The number of rotatable bonds is 3. The smallest absolute Gasteiger partial charge is 0.263 e. The summed E-state index contributed by atoms with van der Waals surface area (Å²) in [5.74, 6) is -0.669. The van der Waals surface area contributed by atoms with Crippen molar-refractivity contribution in [1.82, 2.24) is 25.2 Å². The fraction of sp³-hybridized carbons (Fsp3) is 0.350. The van der Waals surface area contributed by atoms with Crippen LogP contribution in [0.2, 0.25) is 0 Å². The summed E-state index contributed by atoms with van der Waals surface area (Å²) in [5.41, 5.74) is 7.34. The van der Waals surface area contributed by atoms with Gasteiger partial charge in [-0.3, -0.25) is 14.4 Å². The Hall–Kier alpha value is -3.27. The molecule has 9 nitrogen and oxygen atoms in total. The number of H-pyrrole nitrogens is 1. The number of aromatic nitrogens is 3. The van der Waals surface area contributed by atoms with E-state index < -0.39 is 5.91 Å². The molecule has 0 radical (unpaired) electrons. The number of carbonyl (C=O) groups excluding carboxylic acids is 3. The van der Waals surface area contributed by atoms with E-state index >= 15 is 0 Å². The first kappa shape index (κ1) is 18.7. The predicted molar refractivity (Wildman–Crippen MR) is 110 cm³/mol. The summed E-state index contributed by atoms with van der Waals surface area (Å²) < 4.78 is 0. The Morgan fingerprint density at radius 2 is 1.80 bits per heavy atom. The summed E-state index contributed by atoms with van der Waals surface area (Å²) in [4.78, 5) is 41.5. The van der Waals surface area contributed by atoms with Crippen molar-refractivity contribution in [3.05, 3.63) is 45.6 Å². The zero-order valence-corrected chi connectivity index (χ0v) is 16.9. The van der Waals surface area contributed by atoms with E-state index in [4.69, 9.17) is 5.73 Å². The summed E-state index contributed by atoms with van der Waals surface area (Å²) in [7, 11) is 0. The minimum atomic E-state index is -0.532. The molecule has 0 aliphatic carbocycles. The average molecular weight is 424 g/mol. The SMILES string of the molecule is NC(=O)c1csc(C(=O)N2CCC3(CCN(C(=O)c4cccc5n[nH]nc45)C3)C2)c1. The lowest BCUT2D eigenvalue weighted by atomic mass is 9.86. The van der Waals surface area contributed by atoms with Gasteiger partial charge >= 0.3 is 0 Å². The molecule has 3 aromatic rings. The van der Waals surface area contributed by atoms with Crippen molar-refractivity contribution in [2.45, 2.75) is 12.8 Å². The van der Waals surface area contributed by atoms with Crippen LogP contribution >= 0.6 is 11.3 Å². The Morgan fingerprint density at radius 3 is 2.50 bits per heavy atom. The molecule has 5 rings (SSSR count). The van der Waals surface area contributed by atoms with Gasteiger partial charge in [-0.05, 0) is 31.0 Å². The molecule has 0 bridgehead atoms. The molecular formula is C20H20N6O3S. The van der Waals surface area contributed by atoms with Crippen molar-refractivity contribution in [2.75, 3.05) is 26.2 Å². The summed E-state index contributed by atoms with van der Waals surface area (Å²) >= 11 is 1.24. The molecule has 2 aliphatic heterocycles. The first-order chi connectivity index (χ1) is 14.5. The number of carbonyl (C=O) groups is 3. The monoisotopic (exact) mass is 424 g/mol. The highest BCUT2D eigenvalue weighted by atomic mass is 32.1. The lowest BCUT2D eigenvalue weighted by Crippen LogP contribution is -2.35. The Balaban J connectivity index is 1.29. The number of primary amides is 1. The topological polar surface area (TPSA) is 125 Å². The number of para-hydroxylation sites is 1. The maximum Gasteiger partial charge on any atom is 0.263 e. The van der Waals surface area contributed by atoms with Crippen molar-refractivity contribution >= 4 is 40.1 Å². The Labute approximate surface area is 175 Å². The minimum Gasteiger partial charge on any atom is -0.366 e. The van der Waals surface area contributed by atoms with E-state index in [0.717, 1.165) is 12.8 Å². The van der Waals surface area contributed by atoms with Crippen molar-refractivity contribution in [3.8, 4) is 0 Å². The number of aromatic amines is 1. The van der Waals surface area contributed by atoms with Gasteiger partial charge < -0.3 is 15.5 Å². The highest BCUT2D eigenvalue weighted by Gasteiger charge is 2.46. The molecule has 10 heteroatoms. The van der Waals surface area contributed by atoms with E-state index in [0.29, 0.717) is 53.2 Å². The third-order valence-corrected chi connectivity index (χ3v) is 7.04. The molecule has 154 valence electrons. The molecule has 3 N–H and O–H groups in total. The van der Waals surface area contributed by atoms with Gasteiger partial charge in [0.25, 0.3) is 11.8 Å². The predicted octanol–water partition coefficient (Wildman–Crippen LogP) is 1.50. The maximum absolute atomic E-state index is 13.1. The molecule has 3 amide bonds. The highest BCUT2D eigenvalue weighted by molar-refractivity contribution is 7.12. The molecule has 1 spiro atoms. The number of hydrogen-bond acceptors (Lipinski definition) is 6. The number of nitrogens with one attached hydrogen (secondary N) is 1. The van der Waals surface area contributed by atoms with Gasteiger partial charge in [-0.15, -0.1) is 11.3 Å². The maximum atomic E-state index is 13.1. The molecule has 1 unspecified atom stereocenters. The summed E-state index contributed by atoms with van der Waals surface area (Å²) in [6, 6.07) is 6.95. The molecular weight excluding hydrogens is 404 g/mol. The van der Waals surface area contributed by atoms with E-state index in [1.165, 1.54) is 11.3 Å². The van der Waals surface area contributed by atoms with Crippen LogP contribution < -0.4 is 5.73 Å². The van der Waals surface area contributed by atoms with Crippen LogP contribution in [0.25, 0.3) is 11.0 Å². The normalized spacial score (nSPS) is 21.1. The second kappa shape index (κ2) is 6.91. The molecule has 2 aromatic heterocycles. The molecule has 1 aromatic carbocycles. The van der Waals surface area contributed by atoms with Crippen molar-refractivity contribution in [3.63, 3.8) is 0 Å². The number of nitrogens with zero attached hydrogens (tertiary/aromatic N) is 4. The van der Waals surface area contributed by atoms with Gasteiger partial charge in [0.05, 0.1) is 16.0 Å². The van der Waals surface area contributed by atoms with E-state index in [9.17, 15) is 14.4 Å². The van der Waals surface area contributed by atoms with Crippen LogP contribution in [-0.4, -0.2) is 69.1 Å². The van der Waals surface area contributed by atoms with Crippen LogP contribution in [0.3, 0.4) is 0 Å². The number of likely N-dealkylation sites (tertiary alicyclic amines) is 2. The number of benzene rings is 1. The van der Waals surface area contributed by atoms with Crippen LogP contribution in [-0.2, 0) is 0 Å². The Kier molecular flexibility index (Phi) is 4.31. The standard InChI is InChI=1S/C20H20N6O3S/c21-17(27)12-8-15(30-9-12)19(29)26-7-5-20(11-26)4-6-25(10-20)18(28)13-2-1-3-14-16(13)23-24-22-14/h1-3,8-9H,4-7,10-11H2,(H2,21,27)(H,22,23,24). The number of nitrogens with two attached hydrogens (primary N) is 1. The Bertz CT molecular complexity index is 1170.